The molecule has 1 unspecified atom stereocenters. The Hall–Kier alpha value is -4.08. The average molecular weight is 528 g/mol. The van der Waals surface area contributed by atoms with Crippen molar-refractivity contribution in [3.05, 3.63) is 82.9 Å². The first-order valence-electron chi connectivity index (χ1n) is 13.3. The molecule has 4 aliphatic heterocycles. The highest BCUT2D eigenvalue weighted by atomic mass is 16.7. The van der Waals surface area contributed by atoms with E-state index in [-0.39, 0.29) is 31.8 Å². The van der Waals surface area contributed by atoms with Crippen LogP contribution in [0.15, 0.2) is 60.7 Å². The third-order valence-corrected chi connectivity index (χ3v) is 8.05. The van der Waals surface area contributed by atoms with E-state index in [9.17, 15) is 9.59 Å². The van der Waals surface area contributed by atoms with Crippen molar-refractivity contribution in [2.45, 2.75) is 12.0 Å². The van der Waals surface area contributed by atoms with E-state index in [0.717, 1.165) is 55.2 Å². The van der Waals surface area contributed by atoms with Crippen molar-refractivity contribution in [3.63, 3.8) is 0 Å². The Labute approximate surface area is 226 Å². The van der Waals surface area contributed by atoms with Crippen LogP contribution in [-0.4, -0.2) is 69.5 Å². The van der Waals surface area contributed by atoms with Gasteiger partial charge in [-0.1, -0.05) is 36.4 Å². The molecule has 0 saturated carbocycles. The summed E-state index contributed by atoms with van der Waals surface area (Å²) >= 11 is 0. The van der Waals surface area contributed by atoms with Crippen LogP contribution in [-0.2, 0) is 21.5 Å². The number of anilines is 1. The Morgan fingerprint density at radius 1 is 0.897 bits per heavy atom. The average Bonchev–Trinajstić information content (AvgIpc) is 3.65. The molecular weight excluding hydrogens is 498 g/mol. The maximum Gasteiger partial charge on any atom is 0.251 e. The molecule has 1 N–H and O–H groups in total. The van der Waals surface area contributed by atoms with Gasteiger partial charge in [0.05, 0.1) is 19.8 Å². The van der Waals surface area contributed by atoms with E-state index < -0.39 is 5.41 Å². The Morgan fingerprint density at radius 3 is 2.54 bits per heavy atom. The fourth-order valence-electron chi connectivity index (χ4n) is 6.02. The number of para-hydroxylation sites is 1. The van der Waals surface area contributed by atoms with Gasteiger partial charge in [0.1, 0.15) is 17.8 Å². The standard InChI is InChI=1S/C30H29N3O6/c34-28(31-9-10-32-11-13-36-14-12-32)21-6-2-1-5-20(21)17-33-24-8-4-3-7-22(24)30(29(33)35)18-37-25-16-27-26(15-23(25)30)38-19-39-27/h1-8,15-16H,9-14,17-19H2,(H,31,34). The highest BCUT2D eigenvalue weighted by molar-refractivity contribution is 6.11. The summed E-state index contributed by atoms with van der Waals surface area (Å²) in [5.41, 5.74) is 2.85. The molecule has 0 bridgehead atoms. The van der Waals surface area contributed by atoms with Gasteiger partial charge in [0.2, 0.25) is 12.7 Å². The smallest absolute Gasteiger partial charge is 0.251 e. The van der Waals surface area contributed by atoms with Crippen LogP contribution in [0.2, 0.25) is 0 Å². The summed E-state index contributed by atoms with van der Waals surface area (Å²) in [5, 5.41) is 3.06. The normalized spacial score (nSPS) is 21.1. The zero-order chi connectivity index (χ0) is 26.4. The summed E-state index contributed by atoms with van der Waals surface area (Å²) in [5.74, 6) is 1.64. The van der Waals surface area contributed by atoms with E-state index in [2.05, 4.69) is 10.2 Å². The lowest BCUT2D eigenvalue weighted by atomic mass is 9.77. The lowest BCUT2D eigenvalue weighted by molar-refractivity contribution is -0.122. The molecule has 9 nitrogen and oxygen atoms in total. The van der Waals surface area contributed by atoms with Crippen molar-refractivity contribution in [1.29, 1.82) is 0 Å². The molecule has 1 fully saturated rings. The van der Waals surface area contributed by atoms with Gasteiger partial charge in [-0.3, -0.25) is 14.5 Å². The molecule has 4 aliphatic rings. The third kappa shape index (κ3) is 3.92. The van der Waals surface area contributed by atoms with Crippen LogP contribution in [0.25, 0.3) is 0 Å². The lowest BCUT2D eigenvalue weighted by Gasteiger charge is -2.26. The maximum atomic E-state index is 14.3. The molecule has 2 amide bonds. The largest absolute Gasteiger partial charge is 0.491 e. The topological polar surface area (TPSA) is 89.6 Å². The van der Waals surface area contributed by atoms with Gasteiger partial charge in [-0.15, -0.1) is 0 Å². The molecule has 9 heteroatoms. The van der Waals surface area contributed by atoms with Crippen LogP contribution in [0.4, 0.5) is 5.69 Å². The van der Waals surface area contributed by atoms with Crippen LogP contribution >= 0.6 is 0 Å². The summed E-state index contributed by atoms with van der Waals surface area (Å²) < 4.78 is 22.6. The van der Waals surface area contributed by atoms with Gasteiger partial charge in [-0.05, 0) is 29.3 Å². The van der Waals surface area contributed by atoms with Crippen molar-refractivity contribution >= 4 is 17.5 Å². The Kier molecular flexibility index (Phi) is 5.90. The first-order valence-corrected chi connectivity index (χ1v) is 13.3. The number of hydrogen-bond donors (Lipinski definition) is 1. The molecule has 200 valence electrons. The van der Waals surface area contributed by atoms with Crippen molar-refractivity contribution in [3.8, 4) is 17.2 Å². The first kappa shape index (κ1) is 24.0. The number of morpholine rings is 1. The van der Waals surface area contributed by atoms with E-state index in [0.29, 0.717) is 29.4 Å². The van der Waals surface area contributed by atoms with E-state index in [1.165, 1.54) is 0 Å². The number of hydrogen-bond acceptors (Lipinski definition) is 7. The highest BCUT2D eigenvalue weighted by Gasteiger charge is 2.57. The van der Waals surface area contributed by atoms with Crippen LogP contribution in [0.1, 0.15) is 27.0 Å². The monoisotopic (exact) mass is 527 g/mol. The lowest BCUT2D eigenvalue weighted by Crippen LogP contribution is -2.42. The highest BCUT2D eigenvalue weighted by Crippen LogP contribution is 2.55. The molecule has 1 saturated heterocycles. The van der Waals surface area contributed by atoms with Crippen LogP contribution < -0.4 is 24.4 Å². The molecule has 3 aromatic rings. The van der Waals surface area contributed by atoms with Gasteiger partial charge >= 0.3 is 0 Å². The quantitative estimate of drug-likeness (QED) is 0.527. The Bertz CT molecular complexity index is 1450. The molecule has 1 spiro atoms. The molecule has 0 aromatic heterocycles. The second-order valence-electron chi connectivity index (χ2n) is 10.2. The van der Waals surface area contributed by atoms with Gasteiger partial charge in [0, 0.05) is 49.1 Å². The molecule has 1 atom stereocenters. The number of fused-ring (bicyclic) bond motifs is 5. The van der Waals surface area contributed by atoms with E-state index in [1.54, 1.807) is 4.90 Å². The van der Waals surface area contributed by atoms with Crippen molar-refractivity contribution in [2.24, 2.45) is 0 Å². The number of carbonyl (C=O) groups is 2. The van der Waals surface area contributed by atoms with Gasteiger partial charge in [0.25, 0.3) is 5.91 Å². The van der Waals surface area contributed by atoms with Crippen LogP contribution in [0.5, 0.6) is 17.2 Å². The molecule has 3 aromatic carbocycles. The molecular formula is C30H29N3O6. The summed E-state index contributed by atoms with van der Waals surface area (Å²) in [6, 6.07) is 19.0. The minimum Gasteiger partial charge on any atom is -0.491 e. The van der Waals surface area contributed by atoms with Gasteiger partial charge in [-0.25, -0.2) is 0 Å². The number of rotatable bonds is 6. The van der Waals surface area contributed by atoms with Gasteiger partial charge in [0.15, 0.2) is 11.5 Å². The third-order valence-electron chi connectivity index (χ3n) is 8.05. The minimum absolute atomic E-state index is 0.0798. The predicted octanol–water partition coefficient (Wildman–Crippen LogP) is 2.70. The second kappa shape index (κ2) is 9.59. The zero-order valence-corrected chi connectivity index (χ0v) is 21.5. The fraction of sp³-hybridized carbons (Fsp3) is 0.333. The Morgan fingerprint density at radius 2 is 1.67 bits per heavy atom. The van der Waals surface area contributed by atoms with Crippen molar-refractivity contribution in [1.82, 2.24) is 10.2 Å². The van der Waals surface area contributed by atoms with Crippen LogP contribution in [0, 0.1) is 0 Å². The SMILES string of the molecule is O=C(NCCN1CCOCC1)c1ccccc1CN1C(=O)C2(COc3cc4c(cc32)OCO4)c2ccccc21. The first-order chi connectivity index (χ1) is 19.1. The molecule has 0 aliphatic carbocycles. The van der Waals surface area contributed by atoms with E-state index in [4.69, 9.17) is 18.9 Å². The van der Waals surface area contributed by atoms with E-state index >= 15 is 0 Å². The summed E-state index contributed by atoms with van der Waals surface area (Å²) in [6.45, 7) is 5.13. The van der Waals surface area contributed by atoms with Crippen molar-refractivity contribution in [2.75, 3.05) is 57.7 Å². The van der Waals surface area contributed by atoms with Crippen molar-refractivity contribution < 1.29 is 28.5 Å². The number of carbonyl (C=O) groups excluding carboxylic acids is 2. The predicted molar refractivity (Wildman–Crippen MR) is 143 cm³/mol. The molecule has 0 radical (unpaired) electrons. The summed E-state index contributed by atoms with van der Waals surface area (Å²) in [4.78, 5) is 31.6. The molecule has 39 heavy (non-hydrogen) atoms. The zero-order valence-electron chi connectivity index (χ0n) is 21.5. The number of benzene rings is 3. The number of ether oxygens (including phenoxy) is 4. The van der Waals surface area contributed by atoms with Gasteiger partial charge < -0.3 is 29.2 Å². The van der Waals surface area contributed by atoms with Crippen LogP contribution in [0.3, 0.4) is 0 Å². The number of nitrogens with one attached hydrogen (secondary N) is 1. The fourth-order valence-corrected chi connectivity index (χ4v) is 6.02. The Balaban J connectivity index is 1.17. The second-order valence-corrected chi connectivity index (χ2v) is 10.2. The summed E-state index contributed by atoms with van der Waals surface area (Å²) in [7, 11) is 0. The number of nitrogens with zero attached hydrogens (tertiary/aromatic N) is 2. The number of amides is 2. The van der Waals surface area contributed by atoms with E-state index in [1.807, 2.05) is 60.7 Å². The molecule has 7 rings (SSSR count). The molecule has 4 heterocycles. The summed E-state index contributed by atoms with van der Waals surface area (Å²) in [6.07, 6.45) is 0. The minimum atomic E-state index is -0.984. The maximum absolute atomic E-state index is 14.3. The van der Waals surface area contributed by atoms with Gasteiger partial charge in [-0.2, -0.15) is 0 Å².